The number of ketones is 1. The first-order valence-corrected chi connectivity index (χ1v) is 8.35. The molecule has 1 spiro atoms. The molecule has 2 aliphatic carbocycles. The summed E-state index contributed by atoms with van der Waals surface area (Å²) >= 11 is 0. The second-order valence-electron chi connectivity index (χ2n) is 6.77. The molecule has 126 valence electrons. The van der Waals surface area contributed by atoms with Gasteiger partial charge in [-0.05, 0) is 22.3 Å². The van der Waals surface area contributed by atoms with Crippen molar-refractivity contribution in [1.29, 1.82) is 0 Å². The van der Waals surface area contributed by atoms with Gasteiger partial charge >= 0.3 is 6.03 Å². The van der Waals surface area contributed by atoms with Gasteiger partial charge in [-0.1, -0.05) is 48.5 Å². The van der Waals surface area contributed by atoms with Crippen LogP contribution in [0.1, 0.15) is 22.3 Å². The number of nitrogens with one attached hydrogen (secondary N) is 2. The number of imide groups is 1. The Morgan fingerprint density at radius 1 is 0.720 bits per heavy atom. The summed E-state index contributed by atoms with van der Waals surface area (Å²) < 4.78 is 0. The average molecular weight is 334 g/mol. The smallest absolute Gasteiger partial charge is 0.322 e. The molecule has 1 aliphatic heterocycles. The number of hydrogen-bond acceptors (Lipinski definition) is 3. The summed E-state index contributed by atoms with van der Waals surface area (Å²) in [5, 5.41) is 5.02. The van der Waals surface area contributed by atoms with Gasteiger partial charge in [0, 0.05) is 25.7 Å². The Hall–Kier alpha value is -2.95. The maximum atomic E-state index is 11.7. The van der Waals surface area contributed by atoms with E-state index in [9.17, 15) is 14.4 Å². The first kappa shape index (κ1) is 15.6. The van der Waals surface area contributed by atoms with Gasteiger partial charge in [-0.2, -0.15) is 0 Å². The van der Waals surface area contributed by atoms with Gasteiger partial charge in [-0.3, -0.25) is 14.9 Å². The lowest BCUT2D eigenvalue weighted by Crippen LogP contribution is -2.47. The first-order chi connectivity index (χ1) is 12.1. The Morgan fingerprint density at radius 3 is 1.64 bits per heavy atom. The van der Waals surface area contributed by atoms with Gasteiger partial charge < -0.3 is 5.32 Å². The van der Waals surface area contributed by atoms with Gasteiger partial charge in [-0.15, -0.1) is 0 Å². The standard InChI is InChI=1S/C11H10N2O2.C9H8O/c14-9-11(13-10(15)12-9)5-7-3-1-2-4-8(7)6-11;10-9-5-7-3-1-2-4-8(7)6-9/h1-4H,5-6H2,(H2,12,13,14,15);1-4H,5-6H2. The molecule has 25 heavy (non-hydrogen) atoms. The van der Waals surface area contributed by atoms with E-state index in [1.165, 1.54) is 11.1 Å². The molecule has 0 unspecified atom stereocenters. The number of hydrogen-bond donors (Lipinski definition) is 2. The van der Waals surface area contributed by atoms with E-state index in [4.69, 9.17) is 0 Å². The zero-order chi connectivity index (χ0) is 17.4. The number of rotatable bonds is 0. The zero-order valence-corrected chi connectivity index (χ0v) is 13.7. The minimum Gasteiger partial charge on any atom is -0.323 e. The number of urea groups is 1. The van der Waals surface area contributed by atoms with Crippen molar-refractivity contribution in [3.8, 4) is 0 Å². The Morgan fingerprint density at radius 2 is 1.20 bits per heavy atom. The molecule has 3 amide bonds. The minimum atomic E-state index is -0.721. The molecule has 3 aliphatic rings. The molecule has 2 aromatic rings. The SMILES string of the molecule is O=C1Cc2ccccc2C1.O=C1NC(=O)C2(Cc3ccccc3C2)N1. The Bertz CT molecular complexity index is 836. The summed E-state index contributed by atoms with van der Waals surface area (Å²) in [6.45, 7) is 0. The fourth-order valence-electron chi connectivity index (χ4n) is 3.78. The lowest BCUT2D eigenvalue weighted by atomic mass is 9.96. The molecule has 5 nitrogen and oxygen atoms in total. The molecule has 1 fully saturated rings. The molecule has 0 aromatic heterocycles. The van der Waals surface area contributed by atoms with Gasteiger partial charge in [0.2, 0.25) is 0 Å². The summed E-state index contributed by atoms with van der Waals surface area (Å²) in [6.07, 6.45) is 2.49. The highest BCUT2D eigenvalue weighted by molar-refractivity contribution is 6.07. The zero-order valence-electron chi connectivity index (χ0n) is 13.7. The number of fused-ring (bicyclic) bond motifs is 2. The summed E-state index contributed by atoms with van der Waals surface area (Å²) in [5.74, 6) is 0.143. The number of Topliss-reactive ketones (excluding diaryl/α,β-unsaturated/α-hetero) is 1. The van der Waals surface area contributed by atoms with E-state index >= 15 is 0 Å². The highest BCUT2D eigenvalue weighted by Crippen LogP contribution is 2.31. The Balaban J connectivity index is 0.000000136. The Kier molecular flexibility index (Phi) is 3.64. The normalized spacial score (nSPS) is 19.0. The van der Waals surface area contributed by atoms with E-state index in [2.05, 4.69) is 10.6 Å². The van der Waals surface area contributed by atoms with Gasteiger partial charge in [0.05, 0.1) is 0 Å². The molecule has 0 saturated carbocycles. The molecular formula is C20H18N2O3. The van der Waals surface area contributed by atoms with Crippen LogP contribution in [0.4, 0.5) is 4.79 Å². The molecule has 0 bridgehead atoms. The summed E-state index contributed by atoms with van der Waals surface area (Å²) in [7, 11) is 0. The number of benzene rings is 2. The predicted octanol–water partition coefficient (Wildman–Crippen LogP) is 1.72. The Labute approximate surface area is 145 Å². The van der Waals surface area contributed by atoms with Crippen LogP contribution in [0.25, 0.3) is 0 Å². The molecule has 1 saturated heterocycles. The van der Waals surface area contributed by atoms with Crippen LogP contribution in [0.5, 0.6) is 0 Å². The number of carbonyl (C=O) groups is 3. The van der Waals surface area contributed by atoms with Crippen LogP contribution in [0.15, 0.2) is 48.5 Å². The summed E-state index contributed by atoms with van der Waals surface area (Å²) in [4.78, 5) is 33.7. The maximum absolute atomic E-state index is 11.7. The molecule has 2 aromatic carbocycles. The van der Waals surface area contributed by atoms with Crippen LogP contribution in [0.3, 0.4) is 0 Å². The minimum absolute atomic E-state index is 0.205. The average Bonchev–Trinajstić information content (AvgIpc) is 3.21. The monoisotopic (exact) mass is 334 g/mol. The van der Waals surface area contributed by atoms with E-state index in [1.54, 1.807) is 0 Å². The fourth-order valence-corrected chi connectivity index (χ4v) is 3.78. The first-order valence-electron chi connectivity index (χ1n) is 8.35. The quantitative estimate of drug-likeness (QED) is 0.720. The van der Waals surface area contributed by atoms with Crippen LogP contribution >= 0.6 is 0 Å². The highest BCUT2D eigenvalue weighted by Gasteiger charge is 2.49. The third-order valence-electron chi connectivity index (χ3n) is 5.01. The molecule has 0 radical (unpaired) electrons. The van der Waals surface area contributed by atoms with Crippen LogP contribution < -0.4 is 10.6 Å². The van der Waals surface area contributed by atoms with Crippen molar-refractivity contribution in [2.45, 2.75) is 31.2 Å². The van der Waals surface area contributed by atoms with E-state index in [0.717, 1.165) is 11.1 Å². The topological polar surface area (TPSA) is 75.3 Å². The van der Waals surface area contributed by atoms with Gasteiger partial charge in [0.25, 0.3) is 5.91 Å². The van der Waals surface area contributed by atoms with Gasteiger partial charge in [0.1, 0.15) is 11.3 Å². The van der Waals surface area contributed by atoms with Crippen molar-refractivity contribution in [3.63, 3.8) is 0 Å². The molecule has 2 N–H and O–H groups in total. The van der Waals surface area contributed by atoms with Crippen LogP contribution in [0, 0.1) is 0 Å². The maximum Gasteiger partial charge on any atom is 0.322 e. The van der Waals surface area contributed by atoms with Crippen molar-refractivity contribution in [2.75, 3.05) is 0 Å². The largest absolute Gasteiger partial charge is 0.323 e. The second kappa shape index (κ2) is 5.84. The van der Waals surface area contributed by atoms with Crippen molar-refractivity contribution < 1.29 is 14.4 Å². The fraction of sp³-hybridized carbons (Fsp3) is 0.250. The molecule has 5 rings (SSSR count). The van der Waals surface area contributed by atoms with Crippen molar-refractivity contribution in [1.82, 2.24) is 10.6 Å². The summed E-state index contributed by atoms with van der Waals surface area (Å²) in [5.41, 5.74) is 4.01. The van der Waals surface area contributed by atoms with Gasteiger partial charge in [0.15, 0.2) is 0 Å². The van der Waals surface area contributed by atoms with E-state index < -0.39 is 5.54 Å². The summed E-state index contributed by atoms with van der Waals surface area (Å²) in [6, 6.07) is 15.5. The van der Waals surface area contributed by atoms with Crippen molar-refractivity contribution in [2.24, 2.45) is 0 Å². The molecular weight excluding hydrogens is 316 g/mol. The van der Waals surface area contributed by atoms with Crippen LogP contribution in [-0.2, 0) is 35.3 Å². The third kappa shape index (κ3) is 2.82. The van der Waals surface area contributed by atoms with Crippen LogP contribution in [0.2, 0.25) is 0 Å². The van der Waals surface area contributed by atoms with Crippen molar-refractivity contribution >= 4 is 17.7 Å². The number of amides is 3. The molecule has 1 heterocycles. The van der Waals surface area contributed by atoms with E-state index in [-0.39, 0.29) is 11.9 Å². The lowest BCUT2D eigenvalue weighted by molar-refractivity contribution is -0.123. The lowest BCUT2D eigenvalue weighted by Gasteiger charge is -2.18. The van der Waals surface area contributed by atoms with E-state index in [1.807, 2.05) is 48.5 Å². The molecule has 0 atom stereocenters. The van der Waals surface area contributed by atoms with Gasteiger partial charge in [-0.25, -0.2) is 4.79 Å². The predicted molar refractivity (Wildman–Crippen MR) is 92.1 cm³/mol. The van der Waals surface area contributed by atoms with Crippen molar-refractivity contribution in [3.05, 3.63) is 70.8 Å². The number of carbonyl (C=O) groups excluding carboxylic acids is 3. The second-order valence-corrected chi connectivity index (χ2v) is 6.77. The third-order valence-corrected chi connectivity index (χ3v) is 5.01. The van der Waals surface area contributed by atoms with Crippen LogP contribution in [-0.4, -0.2) is 23.3 Å². The highest BCUT2D eigenvalue weighted by atomic mass is 16.2. The molecule has 5 heteroatoms. The van der Waals surface area contributed by atoms with E-state index in [0.29, 0.717) is 31.5 Å².